The average Bonchev–Trinajstić information content (AvgIpc) is 3.28. The zero-order chi connectivity index (χ0) is 16.3. The van der Waals surface area contributed by atoms with Crippen LogP contribution in [0.25, 0.3) is 0 Å². The molecule has 1 aromatic carbocycles. The first-order valence-electron chi connectivity index (χ1n) is 7.48. The summed E-state index contributed by atoms with van der Waals surface area (Å²) in [6, 6.07) is 5.13. The largest absolute Gasteiger partial charge is 0.416 e. The minimum Gasteiger partial charge on any atom is -0.352 e. The summed E-state index contributed by atoms with van der Waals surface area (Å²) in [6.45, 7) is 2.15. The van der Waals surface area contributed by atoms with Crippen LogP contribution in [0.3, 0.4) is 0 Å². The highest BCUT2D eigenvalue weighted by Crippen LogP contribution is 2.33. The van der Waals surface area contributed by atoms with Gasteiger partial charge in [0, 0.05) is 19.0 Å². The number of amides is 1. The Kier molecular flexibility index (Phi) is 5.11. The third-order valence-electron chi connectivity index (χ3n) is 4.07. The number of hydrogen-bond donors (Lipinski definition) is 2. The van der Waals surface area contributed by atoms with Crippen LogP contribution in [0.15, 0.2) is 24.3 Å². The van der Waals surface area contributed by atoms with Gasteiger partial charge in [0.05, 0.1) is 5.56 Å². The van der Waals surface area contributed by atoms with Crippen LogP contribution in [0.2, 0.25) is 0 Å². The van der Waals surface area contributed by atoms with E-state index in [2.05, 4.69) is 5.32 Å². The van der Waals surface area contributed by atoms with Crippen molar-refractivity contribution in [3.63, 3.8) is 0 Å². The molecule has 1 fully saturated rings. The smallest absolute Gasteiger partial charge is 0.352 e. The van der Waals surface area contributed by atoms with Crippen LogP contribution >= 0.6 is 0 Å². The van der Waals surface area contributed by atoms with Crippen LogP contribution in [0, 0.1) is 5.92 Å². The Hall–Kier alpha value is -1.56. The predicted octanol–water partition coefficient (Wildman–Crippen LogP) is 3.05. The lowest BCUT2D eigenvalue weighted by Crippen LogP contribution is -2.42. The molecule has 0 bridgehead atoms. The van der Waals surface area contributed by atoms with E-state index in [1.54, 1.807) is 13.0 Å². The van der Waals surface area contributed by atoms with Crippen molar-refractivity contribution < 1.29 is 18.0 Å². The summed E-state index contributed by atoms with van der Waals surface area (Å²) in [6.07, 6.45) is -2.06. The number of carbonyl (C=O) groups excluding carboxylic acids is 1. The fraction of sp³-hybridized carbons (Fsp3) is 0.562. The van der Waals surface area contributed by atoms with E-state index >= 15 is 0 Å². The molecule has 6 heteroatoms. The summed E-state index contributed by atoms with van der Waals surface area (Å²) >= 11 is 0. The zero-order valence-corrected chi connectivity index (χ0v) is 12.5. The molecule has 3 N–H and O–H groups in total. The lowest BCUT2D eigenvalue weighted by molar-refractivity contribution is -0.137. The summed E-state index contributed by atoms with van der Waals surface area (Å²) in [7, 11) is 0. The van der Waals surface area contributed by atoms with E-state index in [1.807, 2.05) is 0 Å². The number of nitrogens with two attached hydrogens (primary N) is 1. The first-order valence-corrected chi connectivity index (χ1v) is 7.48. The van der Waals surface area contributed by atoms with Gasteiger partial charge in [0.2, 0.25) is 5.91 Å². The number of benzene rings is 1. The number of rotatable bonds is 6. The van der Waals surface area contributed by atoms with Gasteiger partial charge in [0.15, 0.2) is 0 Å². The highest BCUT2D eigenvalue weighted by molar-refractivity contribution is 5.77. The summed E-state index contributed by atoms with van der Waals surface area (Å²) < 4.78 is 38.1. The quantitative estimate of drug-likeness (QED) is 0.848. The molecule has 122 valence electrons. The third-order valence-corrected chi connectivity index (χ3v) is 4.07. The Balaban J connectivity index is 1.96. The van der Waals surface area contributed by atoms with Gasteiger partial charge < -0.3 is 11.1 Å². The Morgan fingerprint density at radius 1 is 1.41 bits per heavy atom. The molecule has 1 aliphatic rings. The van der Waals surface area contributed by atoms with E-state index in [9.17, 15) is 18.0 Å². The van der Waals surface area contributed by atoms with E-state index in [-0.39, 0.29) is 24.3 Å². The molecule has 0 aromatic heterocycles. The Labute approximate surface area is 128 Å². The number of alkyl halides is 3. The van der Waals surface area contributed by atoms with Gasteiger partial charge >= 0.3 is 6.18 Å². The molecule has 1 aliphatic carbocycles. The lowest BCUT2D eigenvalue weighted by Gasteiger charge is -2.18. The van der Waals surface area contributed by atoms with Crippen molar-refractivity contribution in [2.75, 3.05) is 6.54 Å². The van der Waals surface area contributed by atoms with Crippen molar-refractivity contribution in [3.8, 4) is 0 Å². The topological polar surface area (TPSA) is 55.1 Å². The third kappa shape index (κ3) is 4.47. The molecular formula is C16H21F3N2O. The summed E-state index contributed by atoms with van der Waals surface area (Å²) in [5, 5.41) is 2.89. The van der Waals surface area contributed by atoms with Crippen LogP contribution < -0.4 is 11.1 Å². The molecule has 1 amide bonds. The van der Waals surface area contributed by atoms with E-state index in [0.29, 0.717) is 18.0 Å². The van der Waals surface area contributed by atoms with Gasteiger partial charge in [-0.05, 0) is 36.3 Å². The van der Waals surface area contributed by atoms with Crippen molar-refractivity contribution in [3.05, 3.63) is 35.4 Å². The van der Waals surface area contributed by atoms with Gasteiger partial charge in [-0.3, -0.25) is 4.79 Å². The molecule has 0 aliphatic heterocycles. The fourth-order valence-electron chi connectivity index (χ4n) is 2.55. The molecule has 1 saturated carbocycles. The molecule has 0 saturated heterocycles. The minimum absolute atomic E-state index is 0.0128. The minimum atomic E-state index is -4.37. The molecule has 2 unspecified atom stereocenters. The van der Waals surface area contributed by atoms with Crippen LogP contribution in [-0.4, -0.2) is 18.5 Å². The van der Waals surface area contributed by atoms with Crippen LogP contribution in [0.5, 0.6) is 0 Å². The zero-order valence-electron chi connectivity index (χ0n) is 12.5. The normalized spacial score (nSPS) is 17.9. The maximum Gasteiger partial charge on any atom is 0.416 e. The second-order valence-electron chi connectivity index (χ2n) is 5.98. The predicted molar refractivity (Wildman–Crippen MR) is 78.2 cm³/mol. The second kappa shape index (κ2) is 6.69. The van der Waals surface area contributed by atoms with Crippen molar-refractivity contribution in [1.82, 2.24) is 5.32 Å². The highest BCUT2D eigenvalue weighted by atomic mass is 19.4. The van der Waals surface area contributed by atoms with E-state index in [4.69, 9.17) is 5.73 Å². The summed E-state index contributed by atoms with van der Waals surface area (Å²) in [5.41, 5.74) is 5.46. The molecule has 22 heavy (non-hydrogen) atoms. The lowest BCUT2D eigenvalue weighted by atomic mass is 9.95. The van der Waals surface area contributed by atoms with Gasteiger partial charge in [-0.25, -0.2) is 0 Å². The number of hydrogen-bond acceptors (Lipinski definition) is 2. The molecule has 2 atom stereocenters. The van der Waals surface area contributed by atoms with Gasteiger partial charge in [0.1, 0.15) is 0 Å². The molecule has 2 rings (SSSR count). The first kappa shape index (κ1) is 16.8. The number of halogens is 3. The van der Waals surface area contributed by atoms with Gasteiger partial charge in [0.25, 0.3) is 0 Å². The molecule has 0 spiro atoms. The van der Waals surface area contributed by atoms with Crippen LogP contribution in [0.1, 0.15) is 43.2 Å². The number of carbonyl (C=O) groups is 1. The molecule has 0 heterocycles. The van der Waals surface area contributed by atoms with Gasteiger partial charge in [-0.1, -0.05) is 25.1 Å². The van der Waals surface area contributed by atoms with Crippen LogP contribution in [0.4, 0.5) is 13.2 Å². The maximum atomic E-state index is 12.7. The van der Waals surface area contributed by atoms with E-state index < -0.39 is 11.7 Å². The average molecular weight is 314 g/mol. The highest BCUT2D eigenvalue weighted by Gasteiger charge is 2.32. The Morgan fingerprint density at radius 3 is 2.64 bits per heavy atom. The van der Waals surface area contributed by atoms with E-state index in [0.717, 1.165) is 25.0 Å². The van der Waals surface area contributed by atoms with Gasteiger partial charge in [-0.15, -0.1) is 0 Å². The fourth-order valence-corrected chi connectivity index (χ4v) is 2.55. The molecule has 1 aromatic rings. The Morgan fingerprint density at radius 2 is 2.09 bits per heavy atom. The monoisotopic (exact) mass is 314 g/mol. The SMILES string of the molecule is CC(CC(=O)NC(CN)C1CC1)c1cccc(C(F)(F)F)c1. The number of nitrogens with one attached hydrogen (secondary N) is 1. The van der Waals surface area contributed by atoms with Crippen molar-refractivity contribution in [2.24, 2.45) is 11.7 Å². The van der Waals surface area contributed by atoms with Gasteiger partial charge in [-0.2, -0.15) is 13.2 Å². The molecule has 3 nitrogen and oxygen atoms in total. The standard InChI is InChI=1S/C16H21F3N2O/c1-10(7-15(22)21-14(9-20)11-5-6-11)12-3-2-4-13(8-12)16(17,18)19/h2-4,8,10-11,14H,5-7,9,20H2,1H3,(H,21,22). The Bertz CT molecular complexity index is 526. The summed E-state index contributed by atoms with van der Waals surface area (Å²) in [4.78, 5) is 12.0. The van der Waals surface area contributed by atoms with Crippen molar-refractivity contribution >= 4 is 5.91 Å². The molecular weight excluding hydrogens is 293 g/mol. The van der Waals surface area contributed by atoms with Crippen molar-refractivity contribution in [1.29, 1.82) is 0 Å². The first-order chi connectivity index (χ1) is 10.3. The van der Waals surface area contributed by atoms with Crippen LogP contribution in [-0.2, 0) is 11.0 Å². The maximum absolute atomic E-state index is 12.7. The van der Waals surface area contributed by atoms with E-state index in [1.165, 1.54) is 6.07 Å². The van der Waals surface area contributed by atoms with Crippen molar-refractivity contribution in [2.45, 2.75) is 44.3 Å². The second-order valence-corrected chi connectivity index (χ2v) is 5.98. The molecule has 0 radical (unpaired) electrons. The summed E-state index contributed by atoms with van der Waals surface area (Å²) in [5.74, 6) is 0.0185.